The van der Waals surface area contributed by atoms with Crippen LogP contribution < -0.4 is 5.32 Å². The number of piperazine rings is 1. The highest BCUT2D eigenvalue weighted by Crippen LogP contribution is 2.14. The molecule has 1 unspecified atom stereocenters. The average Bonchev–Trinajstić information content (AvgIpc) is 2.46. The molecule has 0 aromatic heterocycles. The normalized spacial score (nSPS) is 25.8. The van der Waals surface area contributed by atoms with Gasteiger partial charge in [-0.1, -0.05) is 6.42 Å². The van der Waals surface area contributed by atoms with Crippen LogP contribution in [0.4, 0.5) is 0 Å². The second-order valence-electron chi connectivity index (χ2n) is 6.20. The molecule has 2 saturated heterocycles. The third-order valence-corrected chi connectivity index (χ3v) is 4.52. The van der Waals surface area contributed by atoms with Crippen molar-refractivity contribution in [3.05, 3.63) is 0 Å². The van der Waals surface area contributed by atoms with Crippen molar-refractivity contribution in [2.75, 3.05) is 32.7 Å². The smallest absolute Gasteiger partial charge is 0.222 e. The molecule has 1 amide bonds. The maximum absolute atomic E-state index is 12.2. The fourth-order valence-corrected chi connectivity index (χ4v) is 3.11. The molecular weight excluding hydrogens is 238 g/mol. The lowest BCUT2D eigenvalue weighted by atomic mass is 10.0. The van der Waals surface area contributed by atoms with Gasteiger partial charge in [-0.3, -0.25) is 9.69 Å². The van der Waals surface area contributed by atoms with Gasteiger partial charge in [0.1, 0.15) is 0 Å². The van der Waals surface area contributed by atoms with Crippen molar-refractivity contribution in [1.29, 1.82) is 0 Å². The fraction of sp³-hybridized carbons (Fsp3) is 0.933. The molecule has 2 heterocycles. The Morgan fingerprint density at radius 1 is 1.21 bits per heavy atom. The number of carbonyl (C=O) groups excluding carboxylic acids is 1. The van der Waals surface area contributed by atoms with Crippen LogP contribution in [0.2, 0.25) is 0 Å². The summed E-state index contributed by atoms with van der Waals surface area (Å²) in [5.74, 6) is 0.357. The first kappa shape index (κ1) is 14.8. The molecule has 4 nitrogen and oxygen atoms in total. The Hall–Kier alpha value is -0.610. The number of carbonyl (C=O) groups is 1. The minimum Gasteiger partial charge on any atom is -0.340 e. The molecule has 0 aliphatic carbocycles. The van der Waals surface area contributed by atoms with Crippen LogP contribution in [0.5, 0.6) is 0 Å². The zero-order valence-electron chi connectivity index (χ0n) is 12.5. The van der Waals surface area contributed by atoms with Crippen molar-refractivity contribution < 1.29 is 4.79 Å². The SMILES string of the molecule is CC(C)N1CCN(C(=O)CCC2CCCCN2)CC1. The quantitative estimate of drug-likeness (QED) is 0.837. The van der Waals surface area contributed by atoms with Gasteiger partial charge in [0.25, 0.3) is 0 Å². The minimum atomic E-state index is 0.357. The highest BCUT2D eigenvalue weighted by Gasteiger charge is 2.23. The lowest BCUT2D eigenvalue weighted by Crippen LogP contribution is -2.50. The van der Waals surface area contributed by atoms with E-state index < -0.39 is 0 Å². The predicted octanol–water partition coefficient (Wildman–Crippen LogP) is 1.46. The van der Waals surface area contributed by atoms with E-state index in [-0.39, 0.29) is 0 Å². The monoisotopic (exact) mass is 267 g/mol. The molecule has 0 spiro atoms. The molecule has 19 heavy (non-hydrogen) atoms. The van der Waals surface area contributed by atoms with Crippen LogP contribution in [-0.2, 0) is 4.79 Å². The molecule has 0 saturated carbocycles. The van der Waals surface area contributed by atoms with Crippen LogP contribution in [0.1, 0.15) is 46.0 Å². The molecule has 4 heteroatoms. The molecule has 1 atom stereocenters. The number of rotatable bonds is 4. The van der Waals surface area contributed by atoms with Crippen LogP contribution in [0.3, 0.4) is 0 Å². The second-order valence-corrected chi connectivity index (χ2v) is 6.20. The Balaban J connectivity index is 1.66. The lowest BCUT2D eigenvalue weighted by molar-refractivity contribution is -0.133. The van der Waals surface area contributed by atoms with E-state index in [4.69, 9.17) is 0 Å². The van der Waals surface area contributed by atoms with E-state index in [1.807, 2.05) is 0 Å². The summed E-state index contributed by atoms with van der Waals surface area (Å²) in [4.78, 5) is 16.7. The van der Waals surface area contributed by atoms with Crippen LogP contribution >= 0.6 is 0 Å². The Morgan fingerprint density at radius 3 is 2.53 bits per heavy atom. The number of nitrogens with one attached hydrogen (secondary N) is 1. The Labute approximate surface area is 117 Å². The summed E-state index contributed by atoms with van der Waals surface area (Å²) < 4.78 is 0. The number of hydrogen-bond acceptors (Lipinski definition) is 3. The van der Waals surface area contributed by atoms with Gasteiger partial charge in [-0.2, -0.15) is 0 Å². The Bertz CT molecular complexity index is 279. The van der Waals surface area contributed by atoms with Crippen molar-refractivity contribution in [3.8, 4) is 0 Å². The third kappa shape index (κ3) is 4.46. The maximum Gasteiger partial charge on any atom is 0.222 e. The van der Waals surface area contributed by atoms with E-state index in [1.54, 1.807) is 0 Å². The van der Waals surface area contributed by atoms with E-state index in [1.165, 1.54) is 19.3 Å². The number of nitrogens with zero attached hydrogens (tertiary/aromatic N) is 2. The largest absolute Gasteiger partial charge is 0.340 e. The first-order valence-electron chi connectivity index (χ1n) is 7.92. The van der Waals surface area contributed by atoms with Crippen molar-refractivity contribution in [2.24, 2.45) is 0 Å². The molecule has 2 aliphatic rings. The van der Waals surface area contributed by atoms with Crippen LogP contribution in [-0.4, -0.2) is 60.5 Å². The molecule has 0 aromatic carbocycles. The number of amides is 1. The Morgan fingerprint density at radius 2 is 1.95 bits per heavy atom. The van der Waals surface area contributed by atoms with Crippen molar-refractivity contribution in [2.45, 2.75) is 58.0 Å². The summed E-state index contributed by atoms with van der Waals surface area (Å²) in [5.41, 5.74) is 0. The number of hydrogen-bond donors (Lipinski definition) is 1. The summed E-state index contributed by atoms with van der Waals surface area (Å²) in [5, 5.41) is 3.52. The Kier molecular flexibility index (Phi) is 5.64. The van der Waals surface area contributed by atoms with E-state index >= 15 is 0 Å². The summed E-state index contributed by atoms with van der Waals surface area (Å²) in [6.07, 6.45) is 5.59. The highest BCUT2D eigenvalue weighted by atomic mass is 16.2. The average molecular weight is 267 g/mol. The second kappa shape index (κ2) is 7.25. The van der Waals surface area contributed by atoms with Gasteiger partial charge in [-0.15, -0.1) is 0 Å². The van der Waals surface area contributed by atoms with Gasteiger partial charge in [0, 0.05) is 44.7 Å². The molecule has 2 aliphatic heterocycles. The number of piperidine rings is 1. The summed E-state index contributed by atoms with van der Waals surface area (Å²) in [7, 11) is 0. The first-order valence-corrected chi connectivity index (χ1v) is 7.92. The zero-order valence-corrected chi connectivity index (χ0v) is 12.5. The maximum atomic E-state index is 12.2. The van der Waals surface area contributed by atoms with Gasteiger partial charge in [0.05, 0.1) is 0 Å². The molecule has 0 radical (unpaired) electrons. The van der Waals surface area contributed by atoms with Gasteiger partial charge >= 0.3 is 0 Å². The lowest BCUT2D eigenvalue weighted by Gasteiger charge is -2.37. The topological polar surface area (TPSA) is 35.6 Å². The first-order chi connectivity index (χ1) is 9.16. The van der Waals surface area contributed by atoms with E-state index in [0.717, 1.165) is 45.6 Å². The van der Waals surface area contributed by atoms with Crippen molar-refractivity contribution in [3.63, 3.8) is 0 Å². The van der Waals surface area contributed by atoms with Gasteiger partial charge < -0.3 is 10.2 Å². The van der Waals surface area contributed by atoms with E-state index in [2.05, 4.69) is 29.0 Å². The zero-order chi connectivity index (χ0) is 13.7. The van der Waals surface area contributed by atoms with E-state index in [9.17, 15) is 4.79 Å². The molecule has 0 bridgehead atoms. The van der Waals surface area contributed by atoms with E-state index in [0.29, 0.717) is 18.0 Å². The summed E-state index contributed by atoms with van der Waals surface area (Å²) in [6.45, 7) is 9.48. The summed E-state index contributed by atoms with van der Waals surface area (Å²) in [6, 6.07) is 1.18. The predicted molar refractivity (Wildman–Crippen MR) is 78.2 cm³/mol. The van der Waals surface area contributed by atoms with Crippen molar-refractivity contribution in [1.82, 2.24) is 15.1 Å². The van der Waals surface area contributed by atoms with Crippen LogP contribution in [0.25, 0.3) is 0 Å². The van der Waals surface area contributed by atoms with Gasteiger partial charge in [0.2, 0.25) is 5.91 Å². The standard InChI is InChI=1S/C15H29N3O/c1-13(2)17-9-11-18(12-10-17)15(19)7-6-14-5-3-4-8-16-14/h13-14,16H,3-12H2,1-2H3. The summed E-state index contributed by atoms with van der Waals surface area (Å²) >= 11 is 0. The molecule has 110 valence electrons. The van der Waals surface area contributed by atoms with Gasteiger partial charge in [-0.05, 0) is 39.7 Å². The van der Waals surface area contributed by atoms with Gasteiger partial charge in [0.15, 0.2) is 0 Å². The molecular formula is C15H29N3O. The van der Waals surface area contributed by atoms with Crippen molar-refractivity contribution >= 4 is 5.91 Å². The van der Waals surface area contributed by atoms with Crippen LogP contribution in [0, 0.1) is 0 Å². The molecule has 0 aromatic rings. The minimum absolute atomic E-state index is 0.357. The molecule has 1 N–H and O–H groups in total. The molecule has 2 rings (SSSR count). The fourth-order valence-electron chi connectivity index (χ4n) is 3.11. The van der Waals surface area contributed by atoms with Gasteiger partial charge in [-0.25, -0.2) is 0 Å². The molecule has 2 fully saturated rings. The highest BCUT2D eigenvalue weighted by molar-refractivity contribution is 5.76. The third-order valence-electron chi connectivity index (χ3n) is 4.52. The van der Waals surface area contributed by atoms with Crippen LogP contribution in [0.15, 0.2) is 0 Å².